The van der Waals surface area contributed by atoms with Crippen molar-refractivity contribution in [2.24, 2.45) is 5.10 Å². The number of amides is 1. The summed E-state index contributed by atoms with van der Waals surface area (Å²) in [6, 6.07) is 12.5. The molecular weight excluding hydrogens is 360 g/mol. The highest BCUT2D eigenvalue weighted by atomic mass is 16.5. The van der Waals surface area contributed by atoms with E-state index in [9.17, 15) is 4.79 Å². The lowest BCUT2D eigenvalue weighted by Gasteiger charge is -2.13. The van der Waals surface area contributed by atoms with Gasteiger partial charge in [-0.3, -0.25) is 4.79 Å². The molecule has 0 fully saturated rings. The van der Waals surface area contributed by atoms with Gasteiger partial charge in [0.25, 0.3) is 5.91 Å². The van der Waals surface area contributed by atoms with E-state index >= 15 is 0 Å². The monoisotopic (exact) mass is 386 g/mol. The first-order valence-electron chi connectivity index (χ1n) is 9.10. The lowest BCUT2D eigenvalue weighted by Crippen LogP contribution is -2.33. The molecule has 2 aromatic carbocycles. The Bertz CT molecular complexity index is 807. The molecule has 1 atom stereocenters. The predicted octanol–water partition coefficient (Wildman–Crippen LogP) is 3.41. The van der Waals surface area contributed by atoms with Crippen LogP contribution in [0.5, 0.6) is 23.0 Å². The maximum atomic E-state index is 12.2. The van der Waals surface area contributed by atoms with Crippen molar-refractivity contribution in [3.05, 3.63) is 48.0 Å². The van der Waals surface area contributed by atoms with E-state index < -0.39 is 6.10 Å². The molecule has 1 unspecified atom stereocenters. The molecular formula is C21H26N2O5. The zero-order valence-corrected chi connectivity index (χ0v) is 16.6. The Morgan fingerprint density at radius 1 is 1.07 bits per heavy atom. The van der Waals surface area contributed by atoms with Crippen molar-refractivity contribution in [2.45, 2.75) is 26.9 Å². The number of hydrogen-bond donors (Lipinski definition) is 1. The van der Waals surface area contributed by atoms with Crippen LogP contribution in [0.4, 0.5) is 0 Å². The van der Waals surface area contributed by atoms with Crippen LogP contribution in [0.15, 0.2) is 47.6 Å². The number of nitrogens with zero attached hydrogens (tertiary/aromatic N) is 1. The van der Waals surface area contributed by atoms with Gasteiger partial charge in [-0.25, -0.2) is 5.43 Å². The first-order valence-corrected chi connectivity index (χ1v) is 9.10. The van der Waals surface area contributed by atoms with Gasteiger partial charge >= 0.3 is 0 Å². The van der Waals surface area contributed by atoms with Gasteiger partial charge in [0, 0.05) is 6.07 Å². The molecule has 0 heterocycles. The third-order valence-electron chi connectivity index (χ3n) is 3.68. The number of ether oxygens (including phenoxy) is 4. The van der Waals surface area contributed by atoms with Crippen LogP contribution in [-0.2, 0) is 4.79 Å². The minimum atomic E-state index is -0.719. The van der Waals surface area contributed by atoms with E-state index in [1.54, 1.807) is 44.4 Å². The van der Waals surface area contributed by atoms with Crippen LogP contribution in [0.2, 0.25) is 0 Å². The van der Waals surface area contributed by atoms with Gasteiger partial charge in [0.1, 0.15) is 11.5 Å². The van der Waals surface area contributed by atoms with E-state index in [0.717, 1.165) is 5.56 Å². The summed E-state index contributed by atoms with van der Waals surface area (Å²) in [5.41, 5.74) is 3.25. The third kappa shape index (κ3) is 6.19. The second-order valence-electron chi connectivity index (χ2n) is 5.75. The standard InChI is InChI=1S/C21H26N2O5/c1-5-26-19-11-10-16(12-20(19)27-6-2)14-22-23-21(24)15(3)28-18-9-7-8-17(13-18)25-4/h7-15H,5-6H2,1-4H3,(H,23,24)/b22-14+. The van der Waals surface area contributed by atoms with Gasteiger partial charge in [0.05, 0.1) is 26.5 Å². The highest BCUT2D eigenvalue weighted by Gasteiger charge is 2.14. The molecule has 0 saturated carbocycles. The van der Waals surface area contributed by atoms with Crippen LogP contribution >= 0.6 is 0 Å². The maximum absolute atomic E-state index is 12.2. The summed E-state index contributed by atoms with van der Waals surface area (Å²) in [7, 11) is 1.57. The number of methoxy groups -OCH3 is 1. The fourth-order valence-electron chi connectivity index (χ4n) is 2.34. The largest absolute Gasteiger partial charge is 0.497 e. The topological polar surface area (TPSA) is 78.4 Å². The fraction of sp³-hybridized carbons (Fsp3) is 0.333. The molecule has 0 aliphatic heterocycles. The lowest BCUT2D eigenvalue weighted by molar-refractivity contribution is -0.127. The van der Waals surface area contributed by atoms with Crippen LogP contribution in [0, 0.1) is 0 Å². The molecule has 0 aliphatic carbocycles. The van der Waals surface area contributed by atoms with Gasteiger partial charge < -0.3 is 18.9 Å². The average Bonchev–Trinajstić information content (AvgIpc) is 2.70. The summed E-state index contributed by atoms with van der Waals surface area (Å²) >= 11 is 0. The first-order chi connectivity index (χ1) is 13.6. The molecule has 2 rings (SSSR count). The Kier molecular flexibility index (Phi) is 8.14. The maximum Gasteiger partial charge on any atom is 0.280 e. The average molecular weight is 386 g/mol. The van der Waals surface area contributed by atoms with Crippen molar-refractivity contribution < 1.29 is 23.7 Å². The number of hydrazone groups is 1. The van der Waals surface area contributed by atoms with Crippen molar-refractivity contribution >= 4 is 12.1 Å². The second-order valence-corrected chi connectivity index (χ2v) is 5.75. The molecule has 2 aromatic rings. The van der Waals surface area contributed by atoms with E-state index in [1.807, 2.05) is 26.0 Å². The molecule has 28 heavy (non-hydrogen) atoms. The number of nitrogens with one attached hydrogen (secondary N) is 1. The molecule has 1 N–H and O–H groups in total. The van der Waals surface area contributed by atoms with Crippen molar-refractivity contribution in [2.75, 3.05) is 20.3 Å². The Balaban J connectivity index is 1.95. The molecule has 0 aromatic heterocycles. The number of carbonyl (C=O) groups excluding carboxylic acids is 1. The first kappa shape index (κ1) is 21.1. The second kappa shape index (κ2) is 10.8. The summed E-state index contributed by atoms with van der Waals surface area (Å²) < 4.78 is 21.9. The van der Waals surface area contributed by atoms with Crippen molar-refractivity contribution in [3.8, 4) is 23.0 Å². The molecule has 0 saturated heterocycles. The number of carbonyl (C=O) groups is 1. The molecule has 150 valence electrons. The quantitative estimate of drug-likeness (QED) is 0.500. The zero-order valence-electron chi connectivity index (χ0n) is 16.6. The van der Waals surface area contributed by atoms with Crippen molar-refractivity contribution in [1.29, 1.82) is 0 Å². The third-order valence-corrected chi connectivity index (χ3v) is 3.68. The van der Waals surface area contributed by atoms with Gasteiger partial charge in [-0.1, -0.05) is 6.07 Å². The van der Waals surface area contributed by atoms with Gasteiger partial charge in [0.2, 0.25) is 0 Å². The highest BCUT2D eigenvalue weighted by Crippen LogP contribution is 2.28. The number of rotatable bonds is 10. The Morgan fingerprint density at radius 3 is 2.50 bits per heavy atom. The Morgan fingerprint density at radius 2 is 1.79 bits per heavy atom. The normalized spacial score (nSPS) is 11.7. The van der Waals surface area contributed by atoms with Gasteiger partial charge in [0.15, 0.2) is 17.6 Å². The summed E-state index contributed by atoms with van der Waals surface area (Å²) in [5.74, 6) is 2.14. The number of benzene rings is 2. The Hall–Kier alpha value is -3.22. The minimum absolute atomic E-state index is 0.366. The molecule has 0 aliphatic rings. The number of hydrogen-bond acceptors (Lipinski definition) is 6. The molecule has 0 radical (unpaired) electrons. The predicted molar refractivity (Wildman–Crippen MR) is 108 cm³/mol. The van der Waals surface area contributed by atoms with Crippen molar-refractivity contribution in [1.82, 2.24) is 5.43 Å². The van der Waals surface area contributed by atoms with E-state index in [1.165, 1.54) is 6.21 Å². The Labute approximate surface area is 165 Å². The summed E-state index contributed by atoms with van der Waals surface area (Å²) in [6.07, 6.45) is 0.817. The zero-order chi connectivity index (χ0) is 20.4. The lowest BCUT2D eigenvalue weighted by atomic mass is 10.2. The van der Waals surface area contributed by atoms with Crippen LogP contribution < -0.4 is 24.4 Å². The molecule has 1 amide bonds. The smallest absolute Gasteiger partial charge is 0.280 e. The van der Waals surface area contributed by atoms with Gasteiger partial charge in [-0.15, -0.1) is 0 Å². The van der Waals surface area contributed by atoms with E-state index in [-0.39, 0.29) is 5.91 Å². The van der Waals surface area contributed by atoms with Gasteiger partial charge in [-0.05, 0) is 56.7 Å². The molecule has 0 spiro atoms. The fourth-order valence-corrected chi connectivity index (χ4v) is 2.34. The van der Waals surface area contributed by atoms with Crippen LogP contribution in [0.3, 0.4) is 0 Å². The summed E-state index contributed by atoms with van der Waals surface area (Å²) in [6.45, 7) is 6.54. The van der Waals surface area contributed by atoms with E-state index in [2.05, 4.69) is 10.5 Å². The summed E-state index contributed by atoms with van der Waals surface area (Å²) in [4.78, 5) is 12.2. The van der Waals surface area contributed by atoms with Crippen molar-refractivity contribution in [3.63, 3.8) is 0 Å². The van der Waals surface area contributed by atoms with E-state index in [4.69, 9.17) is 18.9 Å². The summed E-state index contributed by atoms with van der Waals surface area (Å²) in [5, 5.41) is 3.99. The molecule has 7 nitrogen and oxygen atoms in total. The minimum Gasteiger partial charge on any atom is -0.497 e. The van der Waals surface area contributed by atoms with E-state index in [0.29, 0.717) is 36.2 Å². The molecule has 7 heteroatoms. The molecule has 0 bridgehead atoms. The van der Waals surface area contributed by atoms with Gasteiger partial charge in [-0.2, -0.15) is 5.10 Å². The van der Waals surface area contributed by atoms with Crippen LogP contribution in [0.1, 0.15) is 26.3 Å². The SMILES string of the molecule is CCOc1ccc(/C=N/NC(=O)C(C)Oc2cccc(OC)c2)cc1OCC. The highest BCUT2D eigenvalue weighted by molar-refractivity contribution is 5.84. The van der Waals surface area contributed by atoms with Crippen LogP contribution in [0.25, 0.3) is 0 Å². The van der Waals surface area contributed by atoms with Crippen LogP contribution in [-0.4, -0.2) is 38.5 Å².